The summed E-state index contributed by atoms with van der Waals surface area (Å²) in [5.41, 5.74) is 0.834. The first-order valence-corrected chi connectivity index (χ1v) is 6.15. The normalized spacial score (nSPS) is 23.5. The number of benzene rings is 1. The van der Waals surface area contributed by atoms with E-state index in [1.165, 1.54) is 19.0 Å². The molecule has 1 aliphatic rings. The van der Waals surface area contributed by atoms with Crippen molar-refractivity contribution in [2.75, 3.05) is 12.8 Å². The van der Waals surface area contributed by atoms with Crippen LogP contribution in [-0.2, 0) is 0 Å². The Morgan fingerprint density at radius 3 is 2.85 bits per heavy atom. The Morgan fingerprint density at radius 2 is 2.15 bits per heavy atom. The summed E-state index contributed by atoms with van der Waals surface area (Å²) in [5, 5.41) is 0. The molecular formula is C11H15OP. The topological polar surface area (TPSA) is 9.23 Å². The smallest absolute Gasteiger partial charge is 0.119 e. The van der Waals surface area contributed by atoms with E-state index in [-0.39, 0.29) is 0 Å². The maximum atomic E-state index is 5.70. The van der Waals surface area contributed by atoms with E-state index < -0.39 is 0 Å². The molecule has 70 valence electrons. The van der Waals surface area contributed by atoms with Gasteiger partial charge < -0.3 is 4.74 Å². The largest absolute Gasteiger partial charge is 0.493 e. The molecular weight excluding hydrogens is 179 g/mol. The van der Waals surface area contributed by atoms with Gasteiger partial charge >= 0.3 is 0 Å². The van der Waals surface area contributed by atoms with Gasteiger partial charge in [-0.2, -0.15) is 0 Å². The lowest BCUT2D eigenvalue weighted by Gasteiger charge is -2.10. The standard InChI is InChI=1S/C11H15OP/c1-2-5-10(6-3-1)12-9-11-7-4-8-13-11/h1-3,5-6,11,13H,4,7-9H2. The van der Waals surface area contributed by atoms with E-state index in [0.29, 0.717) is 0 Å². The molecule has 0 saturated carbocycles. The molecule has 0 amide bonds. The van der Waals surface area contributed by atoms with E-state index in [1.807, 2.05) is 30.3 Å². The third kappa shape index (κ3) is 2.70. The molecule has 1 heterocycles. The van der Waals surface area contributed by atoms with Crippen molar-refractivity contribution in [3.63, 3.8) is 0 Å². The van der Waals surface area contributed by atoms with Crippen molar-refractivity contribution in [1.29, 1.82) is 0 Å². The van der Waals surface area contributed by atoms with Gasteiger partial charge in [0.2, 0.25) is 0 Å². The molecule has 0 bridgehead atoms. The number of hydrogen-bond acceptors (Lipinski definition) is 1. The van der Waals surface area contributed by atoms with Crippen LogP contribution in [0.3, 0.4) is 0 Å². The van der Waals surface area contributed by atoms with Crippen LogP contribution in [0.5, 0.6) is 5.75 Å². The lowest BCUT2D eigenvalue weighted by atomic mass is 10.3. The average Bonchev–Trinajstić information content (AvgIpc) is 2.69. The first-order valence-electron chi connectivity index (χ1n) is 4.86. The molecule has 2 rings (SSSR count). The summed E-state index contributed by atoms with van der Waals surface area (Å²) in [4.78, 5) is 0. The van der Waals surface area contributed by atoms with Gasteiger partial charge in [0.05, 0.1) is 6.61 Å². The molecule has 1 fully saturated rings. The molecule has 2 heteroatoms. The number of ether oxygens (including phenoxy) is 1. The lowest BCUT2D eigenvalue weighted by molar-refractivity contribution is 0.314. The minimum atomic E-state index is 0.834. The van der Waals surface area contributed by atoms with Gasteiger partial charge in [0.15, 0.2) is 0 Å². The van der Waals surface area contributed by atoms with Crippen molar-refractivity contribution in [1.82, 2.24) is 0 Å². The maximum absolute atomic E-state index is 5.70. The van der Waals surface area contributed by atoms with E-state index in [0.717, 1.165) is 26.6 Å². The molecule has 1 aliphatic heterocycles. The zero-order valence-corrected chi connectivity index (χ0v) is 8.70. The summed E-state index contributed by atoms with van der Waals surface area (Å²) in [6.45, 7) is 0.919. The van der Waals surface area contributed by atoms with Crippen LogP contribution >= 0.6 is 8.58 Å². The highest BCUT2D eigenvalue weighted by Gasteiger charge is 2.14. The zero-order chi connectivity index (χ0) is 8.93. The molecule has 0 radical (unpaired) electrons. The minimum Gasteiger partial charge on any atom is -0.493 e. The predicted octanol–water partition coefficient (Wildman–Crippen LogP) is 2.91. The predicted molar refractivity (Wildman–Crippen MR) is 58.1 cm³/mol. The van der Waals surface area contributed by atoms with Gasteiger partial charge in [0.1, 0.15) is 5.75 Å². The Morgan fingerprint density at radius 1 is 1.31 bits per heavy atom. The summed E-state index contributed by atoms with van der Waals surface area (Å²) in [7, 11) is 1.13. The van der Waals surface area contributed by atoms with E-state index >= 15 is 0 Å². The van der Waals surface area contributed by atoms with Gasteiger partial charge in [-0.05, 0) is 31.1 Å². The SMILES string of the molecule is c1ccc(OCC2CCCP2)cc1. The third-order valence-corrected chi connectivity index (χ3v) is 4.03. The molecule has 1 aromatic carbocycles. The second-order valence-electron chi connectivity index (χ2n) is 3.42. The van der Waals surface area contributed by atoms with E-state index in [9.17, 15) is 0 Å². The fourth-order valence-electron chi connectivity index (χ4n) is 1.61. The number of para-hydroxylation sites is 1. The highest BCUT2D eigenvalue weighted by atomic mass is 31.1. The highest BCUT2D eigenvalue weighted by molar-refractivity contribution is 7.39. The monoisotopic (exact) mass is 194 g/mol. The number of hydrogen-bond donors (Lipinski definition) is 0. The minimum absolute atomic E-state index is 0.834. The van der Waals surface area contributed by atoms with Gasteiger partial charge in [-0.1, -0.05) is 18.2 Å². The zero-order valence-electron chi connectivity index (χ0n) is 7.70. The van der Waals surface area contributed by atoms with Crippen LogP contribution < -0.4 is 4.74 Å². The van der Waals surface area contributed by atoms with Gasteiger partial charge in [-0.15, -0.1) is 8.58 Å². The summed E-state index contributed by atoms with van der Waals surface area (Å²) in [5.74, 6) is 1.01. The van der Waals surface area contributed by atoms with Crippen molar-refractivity contribution in [2.24, 2.45) is 0 Å². The van der Waals surface area contributed by atoms with E-state index in [4.69, 9.17) is 4.74 Å². The molecule has 0 aromatic heterocycles. The van der Waals surface area contributed by atoms with Gasteiger partial charge in [-0.3, -0.25) is 0 Å². The molecule has 13 heavy (non-hydrogen) atoms. The van der Waals surface area contributed by atoms with Crippen LogP contribution in [0.15, 0.2) is 30.3 Å². The van der Waals surface area contributed by atoms with Crippen LogP contribution in [0.1, 0.15) is 12.8 Å². The van der Waals surface area contributed by atoms with Gasteiger partial charge in [0, 0.05) is 5.66 Å². The van der Waals surface area contributed by atoms with Crippen LogP contribution in [0.2, 0.25) is 0 Å². The maximum Gasteiger partial charge on any atom is 0.119 e. The molecule has 2 atom stereocenters. The van der Waals surface area contributed by atoms with Crippen molar-refractivity contribution in [3.8, 4) is 5.75 Å². The summed E-state index contributed by atoms with van der Waals surface area (Å²) < 4.78 is 5.70. The molecule has 1 saturated heterocycles. The molecule has 0 aliphatic carbocycles. The molecule has 1 nitrogen and oxygen atoms in total. The number of rotatable bonds is 3. The first-order chi connectivity index (χ1) is 6.45. The average molecular weight is 194 g/mol. The van der Waals surface area contributed by atoms with Gasteiger partial charge in [0.25, 0.3) is 0 Å². The molecule has 2 unspecified atom stereocenters. The summed E-state index contributed by atoms with van der Waals surface area (Å²) >= 11 is 0. The third-order valence-electron chi connectivity index (χ3n) is 2.36. The van der Waals surface area contributed by atoms with E-state index in [2.05, 4.69) is 0 Å². The van der Waals surface area contributed by atoms with E-state index in [1.54, 1.807) is 0 Å². The van der Waals surface area contributed by atoms with Crippen molar-refractivity contribution < 1.29 is 4.74 Å². The van der Waals surface area contributed by atoms with Crippen LogP contribution in [0.25, 0.3) is 0 Å². The second kappa shape index (κ2) is 4.62. The Balaban J connectivity index is 1.79. The van der Waals surface area contributed by atoms with Gasteiger partial charge in [-0.25, -0.2) is 0 Å². The highest BCUT2D eigenvalue weighted by Crippen LogP contribution is 2.32. The fraction of sp³-hybridized carbons (Fsp3) is 0.455. The van der Waals surface area contributed by atoms with Crippen LogP contribution in [-0.4, -0.2) is 18.4 Å². The Bertz CT molecular complexity index is 242. The first kappa shape index (κ1) is 9.02. The van der Waals surface area contributed by atoms with Crippen LogP contribution in [0, 0.1) is 0 Å². The summed E-state index contributed by atoms with van der Waals surface area (Å²) in [6.07, 6.45) is 4.19. The van der Waals surface area contributed by atoms with Crippen molar-refractivity contribution in [3.05, 3.63) is 30.3 Å². The van der Waals surface area contributed by atoms with Crippen molar-refractivity contribution in [2.45, 2.75) is 18.5 Å². The summed E-state index contributed by atoms with van der Waals surface area (Å²) in [6, 6.07) is 10.1. The quantitative estimate of drug-likeness (QED) is 0.672. The molecule has 1 aromatic rings. The second-order valence-corrected chi connectivity index (χ2v) is 5.14. The van der Waals surface area contributed by atoms with Crippen molar-refractivity contribution >= 4 is 8.58 Å². The lowest BCUT2D eigenvalue weighted by Crippen LogP contribution is -2.09. The molecule has 0 spiro atoms. The Labute approximate surface area is 81.3 Å². The molecule has 0 N–H and O–H groups in total. The Hall–Kier alpha value is -0.550. The Kier molecular flexibility index (Phi) is 3.21. The van der Waals surface area contributed by atoms with Crippen LogP contribution in [0.4, 0.5) is 0 Å². The fourth-order valence-corrected chi connectivity index (χ4v) is 3.04.